The highest BCUT2D eigenvalue weighted by atomic mass is 16.5. The van der Waals surface area contributed by atoms with Crippen LogP contribution in [0.4, 0.5) is 5.69 Å². The van der Waals surface area contributed by atoms with Gasteiger partial charge in [0.1, 0.15) is 11.6 Å². The van der Waals surface area contributed by atoms with E-state index in [0.717, 1.165) is 22.4 Å². The van der Waals surface area contributed by atoms with Crippen LogP contribution in [0, 0.1) is 0 Å². The minimum Gasteiger partial charge on any atom is -0.497 e. The van der Waals surface area contributed by atoms with Crippen molar-refractivity contribution in [1.29, 1.82) is 0 Å². The van der Waals surface area contributed by atoms with E-state index in [-0.39, 0.29) is 24.3 Å². The van der Waals surface area contributed by atoms with Crippen LogP contribution in [0.3, 0.4) is 0 Å². The van der Waals surface area contributed by atoms with Gasteiger partial charge >= 0.3 is 0 Å². The maximum absolute atomic E-state index is 13.0. The molecule has 4 rings (SSSR count). The predicted molar refractivity (Wildman–Crippen MR) is 111 cm³/mol. The Bertz CT molecular complexity index is 1090. The number of nitrogens with zero attached hydrogens (tertiary/aromatic N) is 2. The van der Waals surface area contributed by atoms with Crippen molar-refractivity contribution in [3.05, 3.63) is 53.9 Å². The van der Waals surface area contributed by atoms with Crippen LogP contribution in [0.1, 0.15) is 43.6 Å². The number of imidazole rings is 1. The summed E-state index contributed by atoms with van der Waals surface area (Å²) in [6.45, 7) is 4.48. The van der Waals surface area contributed by atoms with Gasteiger partial charge in [-0.15, -0.1) is 0 Å². The van der Waals surface area contributed by atoms with E-state index >= 15 is 0 Å². The summed E-state index contributed by atoms with van der Waals surface area (Å²) < 4.78 is 7.41. The Kier molecular flexibility index (Phi) is 4.96. The Hall–Kier alpha value is -3.35. The van der Waals surface area contributed by atoms with Crippen LogP contribution in [0.25, 0.3) is 11.0 Å². The molecule has 150 valence electrons. The minimum absolute atomic E-state index is 0.104. The molecule has 7 heteroatoms. The molecule has 7 nitrogen and oxygen atoms in total. The third-order valence-electron chi connectivity index (χ3n) is 5.22. The maximum Gasteiger partial charge on any atom is 0.228 e. The molecule has 0 saturated carbocycles. The Morgan fingerprint density at radius 2 is 2.10 bits per heavy atom. The number of nitrogens with one attached hydrogen (secondary N) is 2. The fourth-order valence-corrected chi connectivity index (χ4v) is 3.89. The van der Waals surface area contributed by atoms with Crippen molar-refractivity contribution in [3.8, 4) is 5.75 Å². The number of benzene rings is 2. The first-order valence-corrected chi connectivity index (χ1v) is 9.69. The quantitative estimate of drug-likeness (QED) is 0.697. The molecular formula is C22H24N4O3. The van der Waals surface area contributed by atoms with E-state index in [1.807, 2.05) is 30.3 Å². The summed E-state index contributed by atoms with van der Waals surface area (Å²) in [5.41, 5.74) is 3.35. The fourth-order valence-electron chi connectivity index (χ4n) is 3.89. The van der Waals surface area contributed by atoms with Gasteiger partial charge in [0.25, 0.3) is 0 Å². The molecule has 0 fully saturated rings. The molecule has 2 N–H and O–H groups in total. The lowest BCUT2D eigenvalue weighted by Gasteiger charge is -2.25. The highest BCUT2D eigenvalue weighted by Crippen LogP contribution is 2.35. The van der Waals surface area contributed by atoms with Crippen molar-refractivity contribution < 1.29 is 14.3 Å². The molecule has 1 aliphatic rings. The van der Waals surface area contributed by atoms with E-state index < -0.39 is 5.92 Å². The van der Waals surface area contributed by atoms with Crippen molar-refractivity contribution in [2.24, 2.45) is 0 Å². The molecule has 29 heavy (non-hydrogen) atoms. The standard InChI is InChI=1S/C22H24N4O3/c1-13(2)26-19-7-5-4-6-18(19)24-20(26)12-23-22(28)16-11-21(27)25-17-9-8-14(29-3)10-15(16)17/h4-10,13,16H,11-12H2,1-3H3,(H,23,28)(H,25,27). The summed E-state index contributed by atoms with van der Waals surface area (Å²) >= 11 is 0. The molecule has 1 aromatic heterocycles. The first kappa shape index (κ1) is 19.0. The maximum atomic E-state index is 13.0. The smallest absolute Gasteiger partial charge is 0.228 e. The molecule has 0 spiro atoms. The topological polar surface area (TPSA) is 85.2 Å². The van der Waals surface area contributed by atoms with Gasteiger partial charge in [0.2, 0.25) is 11.8 Å². The number of amides is 2. The summed E-state index contributed by atoms with van der Waals surface area (Å²) in [7, 11) is 1.58. The Labute approximate surface area is 169 Å². The fraction of sp³-hybridized carbons (Fsp3) is 0.318. The molecule has 1 unspecified atom stereocenters. The molecule has 0 saturated heterocycles. The van der Waals surface area contributed by atoms with Gasteiger partial charge in [-0.05, 0) is 49.7 Å². The number of fused-ring (bicyclic) bond motifs is 2. The second-order valence-electron chi connectivity index (χ2n) is 7.46. The van der Waals surface area contributed by atoms with Crippen molar-refractivity contribution in [2.45, 2.75) is 38.8 Å². The number of carbonyl (C=O) groups is 2. The van der Waals surface area contributed by atoms with Crippen LogP contribution in [0.2, 0.25) is 0 Å². The van der Waals surface area contributed by atoms with E-state index in [1.54, 1.807) is 19.2 Å². The minimum atomic E-state index is -0.564. The zero-order valence-electron chi connectivity index (χ0n) is 16.7. The van der Waals surface area contributed by atoms with Gasteiger partial charge in [-0.2, -0.15) is 0 Å². The van der Waals surface area contributed by atoms with Crippen LogP contribution in [-0.4, -0.2) is 28.5 Å². The highest BCUT2D eigenvalue weighted by Gasteiger charge is 2.31. The number of para-hydroxylation sites is 2. The van der Waals surface area contributed by atoms with Gasteiger partial charge < -0.3 is 19.9 Å². The van der Waals surface area contributed by atoms with Crippen LogP contribution in [0.5, 0.6) is 5.75 Å². The lowest BCUT2D eigenvalue weighted by Crippen LogP contribution is -2.35. The number of carbonyl (C=O) groups excluding carboxylic acids is 2. The number of ether oxygens (including phenoxy) is 1. The molecule has 2 aromatic carbocycles. The molecule has 2 heterocycles. The molecule has 2 amide bonds. The SMILES string of the molecule is COc1ccc2c(c1)C(C(=O)NCc1nc3ccccc3n1C(C)C)CC(=O)N2. The summed E-state index contributed by atoms with van der Waals surface area (Å²) in [5.74, 6) is 0.514. The lowest BCUT2D eigenvalue weighted by atomic mass is 9.89. The van der Waals surface area contributed by atoms with Gasteiger partial charge in [0.15, 0.2) is 0 Å². The molecule has 3 aromatic rings. The van der Waals surface area contributed by atoms with Crippen molar-refractivity contribution in [3.63, 3.8) is 0 Å². The van der Waals surface area contributed by atoms with Gasteiger partial charge in [-0.3, -0.25) is 9.59 Å². The third kappa shape index (κ3) is 3.55. The molecule has 0 aliphatic carbocycles. The largest absolute Gasteiger partial charge is 0.497 e. The molecular weight excluding hydrogens is 368 g/mol. The second kappa shape index (κ2) is 7.58. The van der Waals surface area contributed by atoms with E-state index in [4.69, 9.17) is 4.74 Å². The van der Waals surface area contributed by atoms with Gasteiger partial charge in [0.05, 0.1) is 30.6 Å². The molecule has 1 atom stereocenters. The highest BCUT2D eigenvalue weighted by molar-refractivity contribution is 6.01. The Morgan fingerprint density at radius 1 is 1.31 bits per heavy atom. The predicted octanol–water partition coefficient (Wildman–Crippen LogP) is 3.37. The Morgan fingerprint density at radius 3 is 2.86 bits per heavy atom. The van der Waals surface area contributed by atoms with E-state index in [2.05, 4.69) is 34.0 Å². The lowest BCUT2D eigenvalue weighted by molar-refractivity contribution is -0.126. The molecule has 1 aliphatic heterocycles. The Balaban J connectivity index is 1.59. The summed E-state index contributed by atoms with van der Waals surface area (Å²) in [6, 6.07) is 13.5. The monoisotopic (exact) mass is 392 g/mol. The number of hydrogen-bond acceptors (Lipinski definition) is 4. The van der Waals surface area contributed by atoms with Crippen molar-refractivity contribution in [2.75, 3.05) is 12.4 Å². The van der Waals surface area contributed by atoms with Crippen LogP contribution < -0.4 is 15.4 Å². The molecule has 0 bridgehead atoms. The van der Waals surface area contributed by atoms with Crippen LogP contribution >= 0.6 is 0 Å². The number of aromatic nitrogens is 2. The third-order valence-corrected chi connectivity index (χ3v) is 5.22. The van der Waals surface area contributed by atoms with E-state index in [9.17, 15) is 9.59 Å². The number of rotatable bonds is 5. The summed E-state index contributed by atoms with van der Waals surface area (Å²) in [6.07, 6.45) is 0.104. The summed E-state index contributed by atoms with van der Waals surface area (Å²) in [4.78, 5) is 29.8. The number of hydrogen-bond donors (Lipinski definition) is 2. The van der Waals surface area contributed by atoms with Crippen LogP contribution in [0.15, 0.2) is 42.5 Å². The van der Waals surface area contributed by atoms with Gasteiger partial charge in [-0.1, -0.05) is 12.1 Å². The van der Waals surface area contributed by atoms with Gasteiger partial charge in [-0.25, -0.2) is 4.98 Å². The van der Waals surface area contributed by atoms with E-state index in [1.165, 1.54) is 0 Å². The zero-order chi connectivity index (χ0) is 20.5. The average molecular weight is 392 g/mol. The summed E-state index contributed by atoms with van der Waals surface area (Å²) in [5, 5.41) is 5.80. The zero-order valence-corrected chi connectivity index (χ0v) is 16.7. The van der Waals surface area contributed by atoms with Crippen molar-refractivity contribution in [1.82, 2.24) is 14.9 Å². The first-order valence-electron chi connectivity index (χ1n) is 9.69. The van der Waals surface area contributed by atoms with Crippen LogP contribution in [-0.2, 0) is 16.1 Å². The normalized spacial score (nSPS) is 15.9. The average Bonchev–Trinajstić information content (AvgIpc) is 3.09. The first-order chi connectivity index (χ1) is 14.0. The van der Waals surface area contributed by atoms with Gasteiger partial charge in [0, 0.05) is 18.2 Å². The molecule has 0 radical (unpaired) electrons. The van der Waals surface area contributed by atoms with Crippen molar-refractivity contribution >= 4 is 28.5 Å². The second-order valence-corrected chi connectivity index (χ2v) is 7.46. The number of anilines is 1. The number of methoxy groups -OCH3 is 1. The van der Waals surface area contributed by atoms with E-state index in [0.29, 0.717) is 18.0 Å².